The number of nitrogens with zero attached hydrogens (tertiary/aromatic N) is 4. The number of nitrogens with two attached hydrogens (primary N) is 1. The van der Waals surface area contributed by atoms with Crippen LogP contribution in [0.5, 0.6) is 0 Å². The van der Waals surface area contributed by atoms with Crippen LogP contribution in [0.25, 0.3) is 39.3 Å². The fourth-order valence-electron chi connectivity index (χ4n) is 4.88. The third-order valence-electron chi connectivity index (χ3n) is 6.83. The molecule has 0 bridgehead atoms. The van der Waals surface area contributed by atoms with Crippen molar-refractivity contribution < 1.29 is 0 Å². The highest BCUT2D eigenvalue weighted by atomic mass is 15.1. The van der Waals surface area contributed by atoms with Gasteiger partial charge in [-0.05, 0) is 54.5 Å². The first-order valence-electron chi connectivity index (χ1n) is 12.2. The smallest absolute Gasteiger partial charge is 0.223 e. The van der Waals surface area contributed by atoms with Crippen LogP contribution < -0.4 is 11.1 Å². The van der Waals surface area contributed by atoms with Crippen molar-refractivity contribution in [1.29, 1.82) is 0 Å². The second-order valence-electron chi connectivity index (χ2n) is 9.23. The van der Waals surface area contributed by atoms with E-state index in [9.17, 15) is 0 Å². The largest absolute Gasteiger partial charge is 0.351 e. The topological polar surface area (TPSA) is 81.1 Å². The Balaban J connectivity index is 1.45. The number of nitrogens with one attached hydrogen (secondary N) is 1. The van der Waals surface area contributed by atoms with Gasteiger partial charge in [0.2, 0.25) is 5.95 Å². The Morgan fingerprint density at radius 3 is 2.20 bits per heavy atom. The van der Waals surface area contributed by atoms with E-state index < -0.39 is 0 Å². The van der Waals surface area contributed by atoms with E-state index >= 15 is 0 Å². The zero-order chi connectivity index (χ0) is 23.6. The number of fused-ring (bicyclic) bond motifs is 1. The summed E-state index contributed by atoms with van der Waals surface area (Å²) in [6.45, 7) is 0. The molecule has 0 radical (unpaired) electrons. The maximum Gasteiger partial charge on any atom is 0.223 e. The minimum absolute atomic E-state index is 0.307. The molecule has 3 N–H and O–H groups in total. The van der Waals surface area contributed by atoms with Gasteiger partial charge in [0.15, 0.2) is 0 Å². The summed E-state index contributed by atoms with van der Waals surface area (Å²) < 4.78 is 2.13. The van der Waals surface area contributed by atoms with Gasteiger partial charge in [0, 0.05) is 30.0 Å². The highest BCUT2D eigenvalue weighted by molar-refractivity contribution is 5.81. The maximum absolute atomic E-state index is 6.10. The quantitative estimate of drug-likeness (QED) is 0.346. The molecule has 3 heterocycles. The number of aromatic nitrogens is 4. The van der Waals surface area contributed by atoms with Gasteiger partial charge >= 0.3 is 0 Å². The molecule has 3 aromatic heterocycles. The van der Waals surface area contributed by atoms with Crippen LogP contribution in [-0.2, 0) is 0 Å². The molecule has 5 aromatic rings. The molecule has 35 heavy (non-hydrogen) atoms. The van der Waals surface area contributed by atoms with Crippen molar-refractivity contribution in [2.45, 2.75) is 37.8 Å². The van der Waals surface area contributed by atoms with E-state index in [1.807, 2.05) is 36.7 Å². The van der Waals surface area contributed by atoms with Crippen molar-refractivity contribution in [3.8, 4) is 33.6 Å². The standard InChI is InChI=1S/C29H28N6/c30-23-12-14-24(15-13-23)33-29-32-17-25(21-9-5-2-6-10-21)28(34-29)26-18-31-27-16-11-22(19-35(26)27)20-7-3-1-4-8-20/h1-11,16-19,23-24H,12-15,30H2,(H,32,33,34). The molecule has 6 heteroatoms. The first kappa shape index (κ1) is 21.5. The van der Waals surface area contributed by atoms with Crippen molar-refractivity contribution in [2.75, 3.05) is 5.32 Å². The van der Waals surface area contributed by atoms with Crippen LogP contribution in [0.1, 0.15) is 25.7 Å². The summed E-state index contributed by atoms with van der Waals surface area (Å²) in [5.74, 6) is 0.648. The molecule has 0 saturated heterocycles. The first-order chi connectivity index (χ1) is 17.2. The summed E-state index contributed by atoms with van der Waals surface area (Å²) >= 11 is 0. The van der Waals surface area contributed by atoms with E-state index in [0.717, 1.165) is 65.0 Å². The molecule has 1 aliphatic rings. The van der Waals surface area contributed by atoms with E-state index in [4.69, 9.17) is 15.7 Å². The molecule has 0 unspecified atom stereocenters. The average Bonchev–Trinajstić information content (AvgIpc) is 3.34. The van der Waals surface area contributed by atoms with Gasteiger partial charge in [-0.2, -0.15) is 0 Å². The normalized spacial score (nSPS) is 18.0. The van der Waals surface area contributed by atoms with Crippen LogP contribution >= 0.6 is 0 Å². The number of rotatable bonds is 5. The summed E-state index contributed by atoms with van der Waals surface area (Å²) in [6, 6.07) is 25.5. The minimum atomic E-state index is 0.307. The number of anilines is 1. The lowest BCUT2D eigenvalue weighted by Gasteiger charge is -2.27. The van der Waals surface area contributed by atoms with Crippen LogP contribution in [0, 0.1) is 0 Å². The monoisotopic (exact) mass is 460 g/mol. The Kier molecular flexibility index (Phi) is 5.72. The molecular weight excluding hydrogens is 432 g/mol. The minimum Gasteiger partial charge on any atom is -0.351 e. The second kappa shape index (κ2) is 9.31. The third kappa shape index (κ3) is 4.40. The Labute approximate surface area is 204 Å². The van der Waals surface area contributed by atoms with E-state index in [1.54, 1.807) is 0 Å². The molecule has 1 fully saturated rings. The number of benzene rings is 2. The molecule has 2 aromatic carbocycles. The zero-order valence-corrected chi connectivity index (χ0v) is 19.5. The molecule has 0 atom stereocenters. The summed E-state index contributed by atoms with van der Waals surface area (Å²) in [5, 5.41) is 3.56. The van der Waals surface area contributed by atoms with Crippen LogP contribution in [0.15, 0.2) is 91.4 Å². The van der Waals surface area contributed by atoms with Gasteiger partial charge in [-0.3, -0.25) is 4.40 Å². The summed E-state index contributed by atoms with van der Waals surface area (Å²) in [6.07, 6.45) is 10.1. The number of hydrogen-bond acceptors (Lipinski definition) is 5. The molecule has 1 aliphatic carbocycles. The first-order valence-corrected chi connectivity index (χ1v) is 12.2. The van der Waals surface area contributed by atoms with Gasteiger partial charge in [-0.1, -0.05) is 60.7 Å². The second-order valence-corrected chi connectivity index (χ2v) is 9.23. The van der Waals surface area contributed by atoms with E-state index in [1.165, 1.54) is 0 Å². The highest BCUT2D eigenvalue weighted by Gasteiger charge is 2.21. The SMILES string of the molecule is NC1CCC(Nc2ncc(-c3ccccc3)c(-c3cnc4ccc(-c5ccccc5)cn34)n2)CC1. The molecule has 0 amide bonds. The Bertz CT molecular complexity index is 1440. The molecular formula is C29H28N6. The van der Waals surface area contributed by atoms with Crippen molar-refractivity contribution in [1.82, 2.24) is 19.4 Å². The summed E-state index contributed by atoms with van der Waals surface area (Å²) in [5.41, 5.74) is 13.1. The van der Waals surface area contributed by atoms with Gasteiger partial charge in [-0.15, -0.1) is 0 Å². The molecule has 174 valence electrons. The van der Waals surface area contributed by atoms with Gasteiger partial charge in [0.1, 0.15) is 11.3 Å². The van der Waals surface area contributed by atoms with Crippen LogP contribution in [-0.4, -0.2) is 31.4 Å². The summed E-state index contributed by atoms with van der Waals surface area (Å²) in [7, 11) is 0. The molecule has 1 saturated carbocycles. The van der Waals surface area contributed by atoms with Crippen LogP contribution in [0.4, 0.5) is 5.95 Å². The molecule has 6 rings (SSSR count). The van der Waals surface area contributed by atoms with Crippen LogP contribution in [0.2, 0.25) is 0 Å². The predicted molar refractivity (Wildman–Crippen MR) is 141 cm³/mol. The third-order valence-corrected chi connectivity index (χ3v) is 6.83. The molecule has 6 nitrogen and oxygen atoms in total. The fraction of sp³-hybridized carbons (Fsp3) is 0.207. The Morgan fingerprint density at radius 2 is 1.46 bits per heavy atom. The van der Waals surface area contributed by atoms with E-state index in [-0.39, 0.29) is 0 Å². The lowest BCUT2D eigenvalue weighted by atomic mass is 9.92. The van der Waals surface area contributed by atoms with Gasteiger partial charge in [0.25, 0.3) is 0 Å². The Morgan fingerprint density at radius 1 is 0.743 bits per heavy atom. The van der Waals surface area contributed by atoms with Crippen molar-refractivity contribution in [3.05, 3.63) is 91.4 Å². The van der Waals surface area contributed by atoms with Gasteiger partial charge in [0.05, 0.1) is 11.9 Å². The Hall–Kier alpha value is -4.03. The lowest BCUT2D eigenvalue weighted by molar-refractivity contribution is 0.410. The van der Waals surface area contributed by atoms with Gasteiger partial charge in [-0.25, -0.2) is 15.0 Å². The van der Waals surface area contributed by atoms with Crippen molar-refractivity contribution in [2.24, 2.45) is 5.73 Å². The zero-order valence-electron chi connectivity index (χ0n) is 19.5. The summed E-state index contributed by atoms with van der Waals surface area (Å²) in [4.78, 5) is 14.4. The molecule has 0 spiro atoms. The average molecular weight is 461 g/mol. The number of hydrogen-bond donors (Lipinski definition) is 2. The van der Waals surface area contributed by atoms with Crippen molar-refractivity contribution in [3.63, 3.8) is 0 Å². The molecule has 0 aliphatic heterocycles. The van der Waals surface area contributed by atoms with Gasteiger partial charge < -0.3 is 11.1 Å². The van der Waals surface area contributed by atoms with E-state index in [0.29, 0.717) is 18.0 Å². The number of pyridine rings is 1. The van der Waals surface area contributed by atoms with Crippen molar-refractivity contribution >= 4 is 11.6 Å². The maximum atomic E-state index is 6.10. The lowest BCUT2D eigenvalue weighted by Crippen LogP contribution is -2.33. The van der Waals surface area contributed by atoms with E-state index in [2.05, 4.69) is 69.4 Å². The fourth-order valence-corrected chi connectivity index (χ4v) is 4.88. The number of imidazole rings is 1. The highest BCUT2D eigenvalue weighted by Crippen LogP contribution is 2.33. The van der Waals surface area contributed by atoms with Crippen LogP contribution in [0.3, 0.4) is 0 Å². The predicted octanol–water partition coefficient (Wildman–Crippen LogP) is 5.81.